The number of nitrogens with one attached hydrogen (secondary N) is 1. The van der Waals surface area contributed by atoms with Crippen LogP contribution in [-0.4, -0.2) is 31.6 Å². The number of rotatable bonds is 5. The van der Waals surface area contributed by atoms with Crippen molar-refractivity contribution in [2.45, 2.75) is 62.4 Å². The Balaban J connectivity index is 1.84. The molecular formula is C19H30N2. The highest BCUT2D eigenvalue weighted by molar-refractivity contribution is 5.31. The number of hydrogen-bond acceptors (Lipinski definition) is 2. The Labute approximate surface area is 129 Å². The summed E-state index contributed by atoms with van der Waals surface area (Å²) in [5.74, 6) is 0.835. The maximum atomic E-state index is 3.62. The third-order valence-corrected chi connectivity index (χ3v) is 6.03. The van der Waals surface area contributed by atoms with Gasteiger partial charge in [-0.05, 0) is 63.9 Å². The molecule has 21 heavy (non-hydrogen) atoms. The number of benzene rings is 1. The smallest absolute Gasteiger partial charge is 0.0504 e. The molecule has 116 valence electrons. The summed E-state index contributed by atoms with van der Waals surface area (Å²) in [5.41, 5.74) is 3.29. The molecule has 1 aromatic rings. The van der Waals surface area contributed by atoms with Gasteiger partial charge in [0.05, 0.1) is 6.04 Å². The van der Waals surface area contributed by atoms with Gasteiger partial charge in [0.25, 0.3) is 0 Å². The second-order valence-corrected chi connectivity index (χ2v) is 7.22. The van der Waals surface area contributed by atoms with Crippen LogP contribution in [0.5, 0.6) is 0 Å². The first-order chi connectivity index (χ1) is 10.2. The van der Waals surface area contributed by atoms with E-state index in [2.05, 4.69) is 55.6 Å². The van der Waals surface area contributed by atoms with E-state index in [0.717, 1.165) is 5.92 Å². The van der Waals surface area contributed by atoms with Crippen LogP contribution in [-0.2, 0) is 0 Å². The van der Waals surface area contributed by atoms with E-state index < -0.39 is 0 Å². The van der Waals surface area contributed by atoms with E-state index in [1.165, 1.54) is 50.5 Å². The first-order valence-corrected chi connectivity index (χ1v) is 8.62. The van der Waals surface area contributed by atoms with Gasteiger partial charge in [0, 0.05) is 5.54 Å². The summed E-state index contributed by atoms with van der Waals surface area (Å²) in [6, 6.07) is 9.94. The van der Waals surface area contributed by atoms with E-state index in [9.17, 15) is 0 Å². The summed E-state index contributed by atoms with van der Waals surface area (Å²) >= 11 is 0. The molecule has 3 rings (SSSR count). The average Bonchev–Trinajstić information content (AvgIpc) is 2.90. The zero-order valence-corrected chi connectivity index (χ0v) is 13.9. The standard InChI is InChI=1S/C19H30N2/c1-20-18(19(21(2)3)13-4-5-14-19)17-11-9-16(10-12-17)15-7-6-8-15/h9-12,15,18,20H,4-8,13-14H2,1-3H3. The molecule has 0 aromatic heterocycles. The minimum Gasteiger partial charge on any atom is -0.311 e. The van der Waals surface area contributed by atoms with E-state index in [1.54, 1.807) is 5.56 Å². The first kappa shape index (κ1) is 15.1. The molecule has 2 aliphatic rings. The Morgan fingerprint density at radius 1 is 1.05 bits per heavy atom. The maximum Gasteiger partial charge on any atom is 0.0504 e. The fourth-order valence-electron chi connectivity index (χ4n) is 4.43. The largest absolute Gasteiger partial charge is 0.311 e. The van der Waals surface area contributed by atoms with Crippen molar-refractivity contribution in [1.82, 2.24) is 10.2 Å². The van der Waals surface area contributed by atoms with Crippen LogP contribution in [0.4, 0.5) is 0 Å². The molecular weight excluding hydrogens is 256 g/mol. The molecule has 0 spiro atoms. The van der Waals surface area contributed by atoms with Crippen molar-refractivity contribution in [3.05, 3.63) is 35.4 Å². The molecule has 1 aromatic carbocycles. The predicted molar refractivity (Wildman–Crippen MR) is 89.7 cm³/mol. The Hall–Kier alpha value is -0.860. The Bertz CT molecular complexity index is 453. The molecule has 2 nitrogen and oxygen atoms in total. The zero-order chi connectivity index (χ0) is 14.9. The summed E-state index contributed by atoms with van der Waals surface area (Å²) in [4.78, 5) is 2.46. The van der Waals surface area contributed by atoms with Gasteiger partial charge in [-0.3, -0.25) is 0 Å². The van der Waals surface area contributed by atoms with Crippen molar-refractivity contribution < 1.29 is 0 Å². The van der Waals surface area contributed by atoms with Gasteiger partial charge in [-0.25, -0.2) is 0 Å². The van der Waals surface area contributed by atoms with Crippen LogP contribution in [0.1, 0.15) is 68.0 Å². The lowest BCUT2D eigenvalue weighted by Gasteiger charge is -2.43. The summed E-state index contributed by atoms with van der Waals surface area (Å²) in [7, 11) is 6.62. The van der Waals surface area contributed by atoms with E-state index in [1.807, 2.05) is 0 Å². The van der Waals surface area contributed by atoms with Crippen LogP contribution in [0, 0.1) is 0 Å². The molecule has 2 heteroatoms. The van der Waals surface area contributed by atoms with Gasteiger partial charge >= 0.3 is 0 Å². The summed E-state index contributed by atoms with van der Waals surface area (Å²) in [6.45, 7) is 0. The van der Waals surface area contributed by atoms with E-state index in [4.69, 9.17) is 0 Å². The molecule has 1 unspecified atom stereocenters. The average molecular weight is 286 g/mol. The normalized spacial score (nSPS) is 23.2. The van der Waals surface area contributed by atoms with Crippen molar-refractivity contribution in [3.8, 4) is 0 Å². The van der Waals surface area contributed by atoms with Crippen LogP contribution in [0.15, 0.2) is 24.3 Å². The van der Waals surface area contributed by atoms with Crippen LogP contribution in [0.25, 0.3) is 0 Å². The molecule has 0 heterocycles. The summed E-state index contributed by atoms with van der Waals surface area (Å²) < 4.78 is 0. The molecule has 0 bridgehead atoms. The lowest BCUT2D eigenvalue weighted by Crippen LogP contribution is -2.51. The minimum absolute atomic E-state index is 0.284. The van der Waals surface area contributed by atoms with Crippen molar-refractivity contribution in [2.24, 2.45) is 0 Å². The van der Waals surface area contributed by atoms with Crippen LogP contribution >= 0.6 is 0 Å². The molecule has 0 saturated heterocycles. The molecule has 1 atom stereocenters. The van der Waals surface area contributed by atoms with Gasteiger partial charge in [0.15, 0.2) is 0 Å². The second-order valence-electron chi connectivity index (χ2n) is 7.22. The van der Waals surface area contributed by atoms with Crippen molar-refractivity contribution in [2.75, 3.05) is 21.1 Å². The van der Waals surface area contributed by atoms with E-state index in [-0.39, 0.29) is 5.54 Å². The maximum absolute atomic E-state index is 3.62. The van der Waals surface area contributed by atoms with Crippen molar-refractivity contribution >= 4 is 0 Å². The van der Waals surface area contributed by atoms with E-state index in [0.29, 0.717) is 6.04 Å². The number of nitrogens with zero attached hydrogens (tertiary/aromatic N) is 1. The van der Waals surface area contributed by atoms with Gasteiger partial charge in [-0.2, -0.15) is 0 Å². The fraction of sp³-hybridized carbons (Fsp3) is 0.684. The monoisotopic (exact) mass is 286 g/mol. The van der Waals surface area contributed by atoms with Gasteiger partial charge < -0.3 is 10.2 Å². The predicted octanol–water partition coefficient (Wildman–Crippen LogP) is 4.09. The summed E-state index contributed by atoms with van der Waals surface area (Å²) in [6.07, 6.45) is 9.50. The Morgan fingerprint density at radius 2 is 1.67 bits per heavy atom. The molecule has 2 fully saturated rings. The molecule has 1 N–H and O–H groups in total. The number of hydrogen-bond donors (Lipinski definition) is 1. The summed E-state index contributed by atoms with van der Waals surface area (Å²) in [5, 5.41) is 3.62. The zero-order valence-electron chi connectivity index (χ0n) is 13.9. The molecule has 2 aliphatic carbocycles. The van der Waals surface area contributed by atoms with E-state index >= 15 is 0 Å². The Morgan fingerprint density at radius 3 is 2.10 bits per heavy atom. The van der Waals surface area contributed by atoms with Crippen LogP contribution in [0.3, 0.4) is 0 Å². The lowest BCUT2D eigenvalue weighted by molar-refractivity contribution is 0.108. The first-order valence-electron chi connectivity index (χ1n) is 8.62. The van der Waals surface area contributed by atoms with Crippen molar-refractivity contribution in [1.29, 1.82) is 0 Å². The second kappa shape index (κ2) is 6.10. The topological polar surface area (TPSA) is 15.3 Å². The third kappa shape index (κ3) is 2.64. The highest BCUT2D eigenvalue weighted by Crippen LogP contribution is 2.44. The molecule has 0 amide bonds. The quantitative estimate of drug-likeness (QED) is 0.877. The van der Waals surface area contributed by atoms with Gasteiger partial charge in [-0.1, -0.05) is 43.5 Å². The lowest BCUT2D eigenvalue weighted by atomic mass is 9.78. The van der Waals surface area contributed by atoms with Crippen molar-refractivity contribution in [3.63, 3.8) is 0 Å². The highest BCUT2D eigenvalue weighted by Gasteiger charge is 2.43. The van der Waals surface area contributed by atoms with Gasteiger partial charge in [0.2, 0.25) is 0 Å². The SMILES string of the molecule is CNC(c1ccc(C2CCC2)cc1)C1(N(C)C)CCCC1. The minimum atomic E-state index is 0.284. The Kier molecular flexibility index (Phi) is 4.37. The van der Waals surface area contributed by atoms with Gasteiger partial charge in [-0.15, -0.1) is 0 Å². The fourth-order valence-corrected chi connectivity index (χ4v) is 4.43. The van der Waals surface area contributed by atoms with Gasteiger partial charge in [0.1, 0.15) is 0 Å². The molecule has 0 radical (unpaired) electrons. The molecule has 2 saturated carbocycles. The third-order valence-electron chi connectivity index (χ3n) is 6.03. The molecule has 0 aliphatic heterocycles. The highest BCUT2D eigenvalue weighted by atomic mass is 15.2. The number of likely N-dealkylation sites (N-methyl/N-ethyl adjacent to an activating group) is 2. The van der Waals surface area contributed by atoms with Crippen LogP contribution < -0.4 is 5.32 Å². The van der Waals surface area contributed by atoms with Crippen LogP contribution in [0.2, 0.25) is 0 Å².